The molecular weight excluding hydrogens is 374 g/mol. The van der Waals surface area contributed by atoms with Crippen LogP contribution in [0.1, 0.15) is 32.9 Å². The molecule has 0 saturated heterocycles. The molecule has 6 nitrogen and oxygen atoms in total. The number of benzene rings is 1. The molecule has 0 atom stereocenters. The average Bonchev–Trinajstić information content (AvgIpc) is 2.67. The van der Waals surface area contributed by atoms with Crippen LogP contribution in [0.4, 0.5) is 5.95 Å². The molecule has 0 aliphatic rings. The van der Waals surface area contributed by atoms with E-state index >= 15 is 0 Å². The highest BCUT2D eigenvalue weighted by atomic mass is 35.5. The first kappa shape index (κ1) is 19.3. The smallest absolute Gasteiger partial charge is 0.252 e. The van der Waals surface area contributed by atoms with Crippen LogP contribution < -0.4 is 11.1 Å². The monoisotopic (exact) mass is 391 g/mol. The Balaban J connectivity index is 2.11. The number of nitrogens with zero attached hydrogens (tertiary/aromatic N) is 3. The fourth-order valence-electron chi connectivity index (χ4n) is 2.61. The van der Waals surface area contributed by atoms with Gasteiger partial charge in [0.25, 0.3) is 5.91 Å². The van der Waals surface area contributed by atoms with E-state index in [1.54, 1.807) is 31.4 Å². The minimum absolute atomic E-state index is 0.140. The summed E-state index contributed by atoms with van der Waals surface area (Å²) in [5.74, 6) is 6.08. The average molecular weight is 392 g/mol. The van der Waals surface area contributed by atoms with Gasteiger partial charge in [0.15, 0.2) is 0 Å². The standard InChI is InChI=1S/C21H18ClN5O/c1-12-4-5-14(11-25-12)6-8-16-13(2)26-21(23)27-19(16)15-7-9-17(18(22)10-15)20(28)24-3/h4-5,7,9-11H,1-3H3,(H,24,28)(H2,23,26,27). The topological polar surface area (TPSA) is 93.8 Å². The lowest BCUT2D eigenvalue weighted by molar-refractivity contribution is 0.0963. The van der Waals surface area contributed by atoms with Gasteiger partial charge in [-0.05, 0) is 38.1 Å². The zero-order valence-corrected chi connectivity index (χ0v) is 16.4. The summed E-state index contributed by atoms with van der Waals surface area (Å²) >= 11 is 6.29. The Kier molecular flexibility index (Phi) is 5.57. The number of nitrogen functional groups attached to an aromatic ring is 1. The van der Waals surface area contributed by atoms with Crippen LogP contribution in [0, 0.1) is 25.7 Å². The third-order valence-electron chi connectivity index (χ3n) is 4.06. The van der Waals surface area contributed by atoms with Crippen molar-refractivity contribution in [3.63, 3.8) is 0 Å². The number of anilines is 1. The number of hydrogen-bond acceptors (Lipinski definition) is 5. The maximum absolute atomic E-state index is 11.9. The van der Waals surface area contributed by atoms with Crippen LogP contribution in [0.5, 0.6) is 0 Å². The minimum Gasteiger partial charge on any atom is -0.368 e. The van der Waals surface area contributed by atoms with Crippen molar-refractivity contribution in [2.45, 2.75) is 13.8 Å². The molecule has 0 aliphatic heterocycles. The number of aromatic nitrogens is 3. The Morgan fingerprint density at radius 2 is 1.93 bits per heavy atom. The number of nitrogens with two attached hydrogens (primary N) is 1. The molecule has 28 heavy (non-hydrogen) atoms. The highest BCUT2D eigenvalue weighted by Crippen LogP contribution is 2.28. The van der Waals surface area contributed by atoms with E-state index in [0.717, 1.165) is 11.3 Å². The Bertz CT molecular complexity index is 1110. The number of nitrogens with one attached hydrogen (secondary N) is 1. The van der Waals surface area contributed by atoms with E-state index in [-0.39, 0.29) is 11.9 Å². The zero-order chi connectivity index (χ0) is 20.3. The summed E-state index contributed by atoms with van der Waals surface area (Å²) in [4.78, 5) is 24.7. The molecule has 0 aliphatic carbocycles. The van der Waals surface area contributed by atoms with Crippen LogP contribution in [-0.2, 0) is 0 Å². The Morgan fingerprint density at radius 1 is 1.14 bits per heavy atom. The van der Waals surface area contributed by atoms with Crippen molar-refractivity contribution < 1.29 is 4.79 Å². The molecule has 0 spiro atoms. The van der Waals surface area contributed by atoms with Crippen LogP contribution in [0.15, 0.2) is 36.5 Å². The first-order valence-corrected chi connectivity index (χ1v) is 8.87. The number of amides is 1. The second kappa shape index (κ2) is 8.07. The molecule has 1 aromatic carbocycles. The van der Waals surface area contributed by atoms with Crippen molar-refractivity contribution in [1.29, 1.82) is 0 Å². The molecule has 1 amide bonds. The second-order valence-electron chi connectivity index (χ2n) is 6.10. The van der Waals surface area contributed by atoms with Gasteiger partial charge in [0, 0.05) is 30.1 Å². The maximum atomic E-state index is 11.9. The summed E-state index contributed by atoms with van der Waals surface area (Å²) in [5.41, 5.74) is 10.5. The molecule has 0 bridgehead atoms. The van der Waals surface area contributed by atoms with Gasteiger partial charge in [-0.25, -0.2) is 9.97 Å². The van der Waals surface area contributed by atoms with Crippen molar-refractivity contribution >= 4 is 23.5 Å². The fourth-order valence-corrected chi connectivity index (χ4v) is 2.88. The van der Waals surface area contributed by atoms with Gasteiger partial charge in [-0.15, -0.1) is 0 Å². The molecule has 3 N–H and O–H groups in total. The van der Waals surface area contributed by atoms with E-state index < -0.39 is 0 Å². The van der Waals surface area contributed by atoms with Gasteiger partial charge >= 0.3 is 0 Å². The van der Waals surface area contributed by atoms with Crippen molar-refractivity contribution in [1.82, 2.24) is 20.3 Å². The quantitative estimate of drug-likeness (QED) is 0.654. The molecule has 140 valence electrons. The predicted octanol–water partition coefficient (Wildman–Crippen LogP) is 3.15. The molecular formula is C21H18ClN5O. The van der Waals surface area contributed by atoms with E-state index in [1.165, 1.54) is 0 Å². The number of pyridine rings is 1. The summed E-state index contributed by atoms with van der Waals surface area (Å²) in [6, 6.07) is 8.87. The first-order valence-electron chi connectivity index (χ1n) is 8.50. The molecule has 0 unspecified atom stereocenters. The molecule has 7 heteroatoms. The molecule has 2 heterocycles. The first-order chi connectivity index (χ1) is 13.4. The van der Waals surface area contributed by atoms with Crippen LogP contribution in [0.25, 0.3) is 11.3 Å². The largest absolute Gasteiger partial charge is 0.368 e. The van der Waals surface area contributed by atoms with Gasteiger partial charge in [-0.3, -0.25) is 9.78 Å². The van der Waals surface area contributed by atoms with Crippen LogP contribution in [-0.4, -0.2) is 27.9 Å². The van der Waals surface area contributed by atoms with E-state index in [9.17, 15) is 4.79 Å². The molecule has 0 saturated carbocycles. The summed E-state index contributed by atoms with van der Waals surface area (Å²) in [6.45, 7) is 3.74. The van der Waals surface area contributed by atoms with Crippen molar-refractivity contribution in [2.24, 2.45) is 0 Å². The van der Waals surface area contributed by atoms with E-state index in [0.29, 0.717) is 33.1 Å². The van der Waals surface area contributed by atoms with Gasteiger partial charge < -0.3 is 11.1 Å². The Labute approximate surface area is 168 Å². The number of rotatable bonds is 2. The Morgan fingerprint density at radius 3 is 2.57 bits per heavy atom. The van der Waals surface area contributed by atoms with Crippen LogP contribution >= 0.6 is 11.6 Å². The van der Waals surface area contributed by atoms with Gasteiger partial charge in [0.1, 0.15) is 0 Å². The lowest BCUT2D eigenvalue weighted by Gasteiger charge is -2.10. The number of aryl methyl sites for hydroxylation is 2. The van der Waals surface area contributed by atoms with E-state index in [2.05, 4.69) is 32.1 Å². The normalized spacial score (nSPS) is 10.1. The summed E-state index contributed by atoms with van der Waals surface area (Å²) < 4.78 is 0. The number of carbonyl (C=O) groups excluding carboxylic acids is 1. The van der Waals surface area contributed by atoms with Gasteiger partial charge in [-0.1, -0.05) is 29.5 Å². The molecule has 2 aromatic heterocycles. The van der Waals surface area contributed by atoms with E-state index in [4.69, 9.17) is 17.3 Å². The molecule has 0 fully saturated rings. The van der Waals surface area contributed by atoms with Gasteiger partial charge in [0.05, 0.1) is 27.5 Å². The second-order valence-corrected chi connectivity index (χ2v) is 6.51. The van der Waals surface area contributed by atoms with Gasteiger partial charge in [-0.2, -0.15) is 0 Å². The van der Waals surface area contributed by atoms with Crippen LogP contribution in [0.3, 0.4) is 0 Å². The SMILES string of the molecule is CNC(=O)c1ccc(-c2nc(N)nc(C)c2C#Cc2ccc(C)nc2)cc1Cl. The van der Waals surface area contributed by atoms with Crippen molar-refractivity contribution in [3.8, 4) is 23.1 Å². The maximum Gasteiger partial charge on any atom is 0.252 e. The summed E-state index contributed by atoms with van der Waals surface area (Å²) in [5, 5.41) is 2.87. The third kappa shape index (κ3) is 4.11. The Hall–Kier alpha value is -3.43. The van der Waals surface area contributed by atoms with Crippen LogP contribution in [0.2, 0.25) is 5.02 Å². The fraction of sp³-hybridized carbons (Fsp3) is 0.143. The highest BCUT2D eigenvalue weighted by molar-refractivity contribution is 6.34. The summed E-state index contributed by atoms with van der Waals surface area (Å²) in [7, 11) is 1.55. The third-order valence-corrected chi connectivity index (χ3v) is 4.38. The molecule has 0 radical (unpaired) electrons. The van der Waals surface area contributed by atoms with Crippen molar-refractivity contribution in [2.75, 3.05) is 12.8 Å². The number of halogens is 1. The zero-order valence-electron chi connectivity index (χ0n) is 15.7. The van der Waals surface area contributed by atoms with Crippen molar-refractivity contribution in [3.05, 3.63) is 69.6 Å². The predicted molar refractivity (Wildman–Crippen MR) is 110 cm³/mol. The highest BCUT2D eigenvalue weighted by Gasteiger charge is 2.15. The van der Waals surface area contributed by atoms with E-state index in [1.807, 2.05) is 26.0 Å². The number of carbonyl (C=O) groups is 1. The summed E-state index contributed by atoms with van der Waals surface area (Å²) in [6.07, 6.45) is 1.71. The lowest BCUT2D eigenvalue weighted by Crippen LogP contribution is -2.18. The molecule has 3 aromatic rings. The lowest BCUT2D eigenvalue weighted by atomic mass is 10.0. The van der Waals surface area contributed by atoms with Gasteiger partial charge in [0.2, 0.25) is 5.95 Å². The number of hydrogen-bond donors (Lipinski definition) is 2. The minimum atomic E-state index is -0.262. The molecule has 3 rings (SSSR count).